The molecule has 1 aliphatic heterocycles. The van der Waals surface area contributed by atoms with E-state index in [4.69, 9.17) is 16.3 Å². The van der Waals surface area contributed by atoms with Crippen LogP contribution in [0.3, 0.4) is 0 Å². The van der Waals surface area contributed by atoms with Crippen molar-refractivity contribution in [2.24, 2.45) is 11.8 Å². The van der Waals surface area contributed by atoms with Crippen molar-refractivity contribution in [1.29, 1.82) is 0 Å². The second-order valence-electron chi connectivity index (χ2n) is 10.2. The first-order chi connectivity index (χ1) is 16.6. The molecular formula is C27H34ClNO5S. The van der Waals surface area contributed by atoms with Crippen LogP contribution in [0, 0.1) is 18.8 Å². The highest BCUT2D eigenvalue weighted by Gasteiger charge is 2.61. The number of carbonyl (C=O) groups excluding carboxylic acids is 1. The molecule has 2 aromatic rings. The summed E-state index contributed by atoms with van der Waals surface area (Å²) in [6, 6.07) is 9.83. The first-order valence-corrected chi connectivity index (χ1v) is 14.2. The number of esters is 1. The van der Waals surface area contributed by atoms with Gasteiger partial charge in [-0.3, -0.25) is 0 Å². The number of sulfonamides is 1. The fraction of sp³-hybridized carbons (Fsp3) is 0.519. The van der Waals surface area contributed by atoms with Crippen LogP contribution in [-0.2, 0) is 25.2 Å². The van der Waals surface area contributed by atoms with Gasteiger partial charge in [-0.25, -0.2) is 17.5 Å². The third-order valence-electron chi connectivity index (χ3n) is 7.25. The van der Waals surface area contributed by atoms with E-state index in [0.29, 0.717) is 35.8 Å². The largest absolute Gasteiger partial charge is 0.464 e. The van der Waals surface area contributed by atoms with Crippen molar-refractivity contribution in [2.75, 3.05) is 10.9 Å². The number of hydrogen-bond donors (Lipinski definition) is 1. The summed E-state index contributed by atoms with van der Waals surface area (Å²) >= 11 is 6.34. The van der Waals surface area contributed by atoms with E-state index in [2.05, 4.69) is 0 Å². The van der Waals surface area contributed by atoms with Crippen molar-refractivity contribution in [1.82, 2.24) is 0 Å². The minimum atomic E-state index is -4.20. The van der Waals surface area contributed by atoms with E-state index >= 15 is 0 Å². The van der Waals surface area contributed by atoms with Crippen molar-refractivity contribution in [3.05, 3.63) is 58.6 Å². The third kappa shape index (κ3) is 4.83. The highest BCUT2D eigenvalue weighted by Crippen LogP contribution is 2.54. The Hall–Kier alpha value is -2.09. The molecule has 2 unspecified atom stereocenters. The molecule has 2 atom stereocenters. The summed E-state index contributed by atoms with van der Waals surface area (Å²) in [5, 5.41) is 12.8. The lowest BCUT2D eigenvalue weighted by Gasteiger charge is -2.40. The Morgan fingerprint density at radius 2 is 1.80 bits per heavy atom. The van der Waals surface area contributed by atoms with Gasteiger partial charge >= 0.3 is 5.97 Å². The maximum atomic E-state index is 14.0. The smallest absolute Gasteiger partial charge is 0.333 e. The number of nitrogens with zero attached hydrogens (tertiary/aromatic N) is 1. The molecule has 8 heteroatoms. The number of rotatable bonds is 7. The summed E-state index contributed by atoms with van der Waals surface area (Å²) in [7, 11) is -4.20. The number of halogens is 1. The van der Waals surface area contributed by atoms with Crippen molar-refractivity contribution in [3.8, 4) is 0 Å². The number of aryl methyl sites for hydroxylation is 1. The van der Waals surface area contributed by atoms with Crippen LogP contribution in [0.1, 0.15) is 63.5 Å². The Balaban J connectivity index is 1.88. The molecule has 1 N–H and O–H groups in total. The van der Waals surface area contributed by atoms with Crippen LogP contribution in [0.2, 0.25) is 5.02 Å². The summed E-state index contributed by atoms with van der Waals surface area (Å²) in [5.41, 5.74) is -0.180. The number of fused-ring (bicyclic) bond motifs is 1. The summed E-state index contributed by atoms with van der Waals surface area (Å²) in [4.78, 5) is 13.7. The third-order valence-corrected chi connectivity index (χ3v) is 9.28. The lowest BCUT2D eigenvalue weighted by molar-refractivity contribution is -0.156. The van der Waals surface area contributed by atoms with Gasteiger partial charge in [-0.1, -0.05) is 62.4 Å². The van der Waals surface area contributed by atoms with E-state index in [1.807, 2.05) is 20.8 Å². The van der Waals surface area contributed by atoms with Gasteiger partial charge < -0.3 is 9.84 Å². The molecular weight excluding hydrogens is 486 g/mol. The van der Waals surface area contributed by atoms with E-state index in [9.17, 15) is 18.3 Å². The number of anilines is 1. The van der Waals surface area contributed by atoms with Crippen LogP contribution in [-0.4, -0.2) is 32.1 Å². The Bertz CT molecular complexity index is 1170. The molecule has 190 valence electrons. The molecule has 1 heterocycles. The Morgan fingerprint density at radius 3 is 2.43 bits per heavy atom. The molecule has 1 saturated carbocycles. The van der Waals surface area contributed by atoms with Crippen LogP contribution in [0.25, 0.3) is 0 Å². The highest BCUT2D eigenvalue weighted by molar-refractivity contribution is 7.93. The zero-order valence-electron chi connectivity index (χ0n) is 20.5. The zero-order chi connectivity index (χ0) is 25.4. The normalized spacial score (nSPS) is 22.9. The average molecular weight is 520 g/mol. The molecule has 0 aromatic heterocycles. The summed E-state index contributed by atoms with van der Waals surface area (Å²) in [6.45, 7) is 6.07. The molecule has 2 aromatic carbocycles. The van der Waals surface area contributed by atoms with Crippen molar-refractivity contribution in [3.63, 3.8) is 0 Å². The maximum Gasteiger partial charge on any atom is 0.333 e. The Morgan fingerprint density at radius 1 is 1.14 bits per heavy atom. The molecule has 6 nitrogen and oxygen atoms in total. The van der Waals surface area contributed by atoms with Crippen LogP contribution in [0.5, 0.6) is 0 Å². The number of aliphatic hydroxyl groups is 1. The van der Waals surface area contributed by atoms with E-state index < -0.39 is 27.6 Å². The predicted molar refractivity (Wildman–Crippen MR) is 137 cm³/mol. The van der Waals surface area contributed by atoms with Crippen LogP contribution >= 0.6 is 11.6 Å². The van der Waals surface area contributed by atoms with Gasteiger partial charge in [0.15, 0.2) is 6.04 Å². The molecule has 0 bridgehead atoms. The monoisotopic (exact) mass is 519 g/mol. The molecule has 0 spiro atoms. The maximum absolute atomic E-state index is 14.0. The quantitative estimate of drug-likeness (QED) is 0.482. The summed E-state index contributed by atoms with van der Waals surface area (Å²) in [5.74, 6) is -0.719. The van der Waals surface area contributed by atoms with Crippen molar-refractivity contribution >= 4 is 33.3 Å². The van der Waals surface area contributed by atoms with Gasteiger partial charge in [0, 0.05) is 10.6 Å². The van der Waals surface area contributed by atoms with E-state index in [0.717, 1.165) is 29.1 Å². The topological polar surface area (TPSA) is 83.9 Å². The standard InChI is InChI=1S/C27H34ClNO5S/c1-18(2)15-16-34-26(30)25-27(31,20-7-5-4-6-8-20)23-17-21(28)11-14-24(23)29(25)35(32,33)22-12-9-19(3)10-13-22/h9-14,17-18,20,25,31H,4-8,15-16H2,1-3H3. The van der Waals surface area contributed by atoms with E-state index in [-0.39, 0.29) is 23.1 Å². The molecule has 4 rings (SSSR count). The van der Waals surface area contributed by atoms with Gasteiger partial charge in [0.05, 0.1) is 17.2 Å². The number of hydrogen-bond acceptors (Lipinski definition) is 5. The molecule has 1 fully saturated rings. The van der Waals surface area contributed by atoms with E-state index in [1.165, 1.54) is 12.1 Å². The first-order valence-electron chi connectivity index (χ1n) is 12.4. The number of benzene rings is 2. The molecule has 0 radical (unpaired) electrons. The highest BCUT2D eigenvalue weighted by atomic mass is 35.5. The second kappa shape index (κ2) is 10.1. The summed E-state index contributed by atoms with van der Waals surface area (Å²) in [6.07, 6.45) is 4.88. The van der Waals surface area contributed by atoms with Crippen molar-refractivity contribution < 1.29 is 23.1 Å². The summed E-state index contributed by atoms with van der Waals surface area (Å²) < 4.78 is 34.8. The number of carbonyl (C=O) groups is 1. The fourth-order valence-corrected chi connectivity index (χ4v) is 7.14. The lowest BCUT2D eigenvalue weighted by atomic mass is 9.71. The fourth-order valence-electron chi connectivity index (χ4n) is 5.31. The predicted octanol–water partition coefficient (Wildman–Crippen LogP) is 5.58. The Kier molecular flexibility index (Phi) is 7.51. The molecule has 0 saturated heterocycles. The van der Waals surface area contributed by atoms with Crippen LogP contribution < -0.4 is 4.31 Å². The lowest BCUT2D eigenvalue weighted by Crippen LogP contribution is -2.56. The van der Waals surface area contributed by atoms with Crippen LogP contribution in [0.4, 0.5) is 5.69 Å². The van der Waals surface area contributed by atoms with Gasteiger partial charge in [0.1, 0.15) is 5.60 Å². The molecule has 0 amide bonds. The van der Waals surface area contributed by atoms with Gasteiger partial charge in [0.2, 0.25) is 0 Å². The molecule has 2 aliphatic rings. The van der Waals surface area contributed by atoms with Gasteiger partial charge in [-0.2, -0.15) is 0 Å². The van der Waals surface area contributed by atoms with Gasteiger partial charge in [-0.15, -0.1) is 0 Å². The minimum absolute atomic E-state index is 0.0527. The molecule has 1 aliphatic carbocycles. The van der Waals surface area contributed by atoms with Gasteiger partial charge in [0.25, 0.3) is 10.0 Å². The minimum Gasteiger partial charge on any atom is -0.464 e. The SMILES string of the molecule is Cc1ccc(S(=O)(=O)N2c3ccc(Cl)cc3C(O)(C3CCCCC3)C2C(=O)OCCC(C)C)cc1. The van der Waals surface area contributed by atoms with Gasteiger partial charge in [-0.05, 0) is 68.4 Å². The zero-order valence-corrected chi connectivity index (χ0v) is 22.1. The van der Waals surface area contributed by atoms with Crippen LogP contribution in [0.15, 0.2) is 47.4 Å². The average Bonchev–Trinajstić information content (AvgIpc) is 3.09. The van der Waals surface area contributed by atoms with E-state index in [1.54, 1.807) is 30.3 Å². The number of ether oxygens (including phenoxy) is 1. The first kappa shape index (κ1) is 26.0. The molecule has 35 heavy (non-hydrogen) atoms. The van der Waals surface area contributed by atoms with Crippen molar-refractivity contribution in [2.45, 2.75) is 75.8 Å². The second-order valence-corrected chi connectivity index (χ2v) is 12.4. The Labute approximate surface area is 213 Å².